The number of aliphatic hydroxyl groups excluding tert-OH is 2. The standard InChI is InChI=1S/C39H80O14/c1-27(41)15-42-29(3)17-44-31(5)19-46-33(7)21-48-35(9)23-50-37(11)25-52-39(13)26-53-38(12)24-51-36(10)22-49-34(8)20-47-32(6)18-45-30(4)16-43-28(2)14-40/h27-41H,14-26H2,1-13H3. The molecule has 0 saturated carbocycles. The molecule has 0 radical (unpaired) electrons. The predicted molar refractivity (Wildman–Crippen MR) is 204 cm³/mol. The highest BCUT2D eigenvalue weighted by Crippen LogP contribution is 2.07. The van der Waals surface area contributed by atoms with E-state index in [1.807, 2.05) is 83.1 Å². The summed E-state index contributed by atoms with van der Waals surface area (Å²) in [5.74, 6) is 0. The second-order valence-corrected chi connectivity index (χ2v) is 14.8. The number of aliphatic hydroxyl groups is 2. The SMILES string of the molecule is CC(O)COC(C)COC(C)COC(C)COC(C)COC(C)COC(C)COC(C)COC(C)COC(C)COC(C)COC(C)COC(C)CO. The molecule has 320 valence electrons. The van der Waals surface area contributed by atoms with Gasteiger partial charge in [0.1, 0.15) is 0 Å². The van der Waals surface area contributed by atoms with Crippen LogP contribution in [0.15, 0.2) is 0 Å². The Kier molecular flexibility index (Phi) is 32.2. The van der Waals surface area contributed by atoms with Gasteiger partial charge in [0.2, 0.25) is 0 Å². The summed E-state index contributed by atoms with van der Waals surface area (Å²) in [6.07, 6.45) is -1.66. The summed E-state index contributed by atoms with van der Waals surface area (Å²) in [6.45, 7) is 30.3. The molecule has 14 nitrogen and oxygen atoms in total. The van der Waals surface area contributed by atoms with Crippen molar-refractivity contribution in [1.82, 2.24) is 0 Å². The van der Waals surface area contributed by atoms with Gasteiger partial charge in [-0.1, -0.05) is 0 Å². The zero-order valence-electron chi connectivity index (χ0n) is 35.5. The zero-order valence-corrected chi connectivity index (χ0v) is 35.5. The Bertz CT molecular complexity index is 810. The molecule has 13 atom stereocenters. The number of rotatable bonds is 37. The van der Waals surface area contributed by atoms with Crippen molar-refractivity contribution < 1.29 is 67.1 Å². The molecule has 2 N–H and O–H groups in total. The third-order valence-electron chi connectivity index (χ3n) is 7.65. The summed E-state index contributed by atoms with van der Waals surface area (Å²) >= 11 is 0. The van der Waals surface area contributed by atoms with Crippen molar-refractivity contribution in [3.05, 3.63) is 0 Å². The van der Waals surface area contributed by atoms with Gasteiger partial charge < -0.3 is 67.1 Å². The third-order valence-corrected chi connectivity index (χ3v) is 7.65. The van der Waals surface area contributed by atoms with Crippen molar-refractivity contribution in [1.29, 1.82) is 0 Å². The molecule has 0 aromatic heterocycles. The average molecular weight is 773 g/mol. The van der Waals surface area contributed by atoms with E-state index in [1.54, 1.807) is 6.92 Å². The molecule has 0 bridgehead atoms. The lowest BCUT2D eigenvalue weighted by atomic mass is 10.3. The lowest BCUT2D eigenvalue weighted by molar-refractivity contribution is -0.114. The van der Waals surface area contributed by atoms with Crippen molar-refractivity contribution in [2.75, 3.05) is 85.9 Å². The van der Waals surface area contributed by atoms with E-state index in [0.29, 0.717) is 79.3 Å². The minimum absolute atomic E-state index is 0.00767. The van der Waals surface area contributed by atoms with Gasteiger partial charge >= 0.3 is 0 Å². The Hall–Kier alpha value is -0.560. The molecule has 0 aliphatic rings. The molecule has 0 saturated heterocycles. The Balaban J connectivity index is 3.95. The fourth-order valence-electron chi connectivity index (χ4n) is 4.18. The van der Waals surface area contributed by atoms with Crippen LogP contribution < -0.4 is 0 Å². The molecule has 0 aromatic rings. The van der Waals surface area contributed by atoms with E-state index in [9.17, 15) is 5.11 Å². The highest BCUT2D eigenvalue weighted by atomic mass is 16.6. The first-order chi connectivity index (χ1) is 25.0. The second-order valence-electron chi connectivity index (χ2n) is 14.8. The number of hydrogen-bond donors (Lipinski definition) is 2. The number of hydrogen-bond acceptors (Lipinski definition) is 14. The summed E-state index contributed by atoms with van der Waals surface area (Å²) in [7, 11) is 0. The maximum atomic E-state index is 9.32. The Morgan fingerprint density at radius 2 is 0.377 bits per heavy atom. The largest absolute Gasteiger partial charge is 0.394 e. The van der Waals surface area contributed by atoms with Crippen LogP contribution in [0.2, 0.25) is 0 Å². The van der Waals surface area contributed by atoms with Crippen LogP contribution in [-0.2, 0) is 56.8 Å². The van der Waals surface area contributed by atoms with Crippen LogP contribution in [0.3, 0.4) is 0 Å². The zero-order chi connectivity index (χ0) is 40.2. The van der Waals surface area contributed by atoms with Gasteiger partial charge in [0.25, 0.3) is 0 Å². The molecule has 0 aromatic carbocycles. The molecular weight excluding hydrogens is 692 g/mol. The monoisotopic (exact) mass is 773 g/mol. The summed E-state index contributed by atoms with van der Waals surface area (Å²) < 4.78 is 69.8. The van der Waals surface area contributed by atoms with E-state index in [1.165, 1.54) is 0 Å². The van der Waals surface area contributed by atoms with Gasteiger partial charge in [-0.2, -0.15) is 0 Å². The van der Waals surface area contributed by atoms with Crippen molar-refractivity contribution in [2.45, 2.75) is 169 Å². The lowest BCUT2D eigenvalue weighted by Crippen LogP contribution is -2.31. The molecule has 53 heavy (non-hydrogen) atoms. The van der Waals surface area contributed by atoms with Crippen molar-refractivity contribution in [3.8, 4) is 0 Å². The highest BCUT2D eigenvalue weighted by Gasteiger charge is 2.16. The average Bonchev–Trinajstić information content (AvgIpc) is 3.13. The van der Waals surface area contributed by atoms with Crippen molar-refractivity contribution >= 4 is 0 Å². The fraction of sp³-hybridized carbons (Fsp3) is 1.00. The minimum atomic E-state index is -0.490. The predicted octanol–water partition coefficient (Wildman–Crippen LogP) is 4.22. The molecule has 0 heterocycles. The quantitative estimate of drug-likeness (QED) is 0.0928. The summed E-state index contributed by atoms with van der Waals surface area (Å²) in [4.78, 5) is 0. The third kappa shape index (κ3) is 33.3. The molecule has 0 spiro atoms. The Morgan fingerprint density at radius 1 is 0.245 bits per heavy atom. The lowest BCUT2D eigenvalue weighted by Gasteiger charge is -2.23. The maximum Gasteiger partial charge on any atom is 0.0781 e. The summed E-state index contributed by atoms with van der Waals surface area (Å²) in [5.41, 5.74) is 0. The first-order valence-corrected chi connectivity index (χ1v) is 19.7. The first-order valence-electron chi connectivity index (χ1n) is 19.7. The number of ether oxygens (including phenoxy) is 12. The fourth-order valence-corrected chi connectivity index (χ4v) is 4.18. The maximum absolute atomic E-state index is 9.32. The molecule has 0 aliphatic heterocycles. The second kappa shape index (κ2) is 32.5. The molecule has 0 fully saturated rings. The van der Waals surface area contributed by atoms with Crippen LogP contribution in [0.25, 0.3) is 0 Å². The summed E-state index contributed by atoms with van der Waals surface area (Å²) in [5, 5.41) is 18.4. The van der Waals surface area contributed by atoms with E-state index in [-0.39, 0.29) is 79.9 Å². The molecule has 14 heteroatoms. The van der Waals surface area contributed by atoms with Gasteiger partial charge in [0, 0.05) is 0 Å². The van der Waals surface area contributed by atoms with E-state index < -0.39 is 6.10 Å². The molecule has 13 unspecified atom stereocenters. The van der Waals surface area contributed by atoms with E-state index in [0.717, 1.165) is 0 Å². The Labute approximate surface area is 322 Å². The summed E-state index contributed by atoms with van der Waals surface area (Å²) in [6, 6.07) is 0. The van der Waals surface area contributed by atoms with Gasteiger partial charge in [0.05, 0.1) is 165 Å². The van der Waals surface area contributed by atoms with E-state index >= 15 is 0 Å². The van der Waals surface area contributed by atoms with Gasteiger partial charge in [0.15, 0.2) is 0 Å². The first kappa shape index (κ1) is 52.4. The highest BCUT2D eigenvalue weighted by molar-refractivity contribution is 4.61. The van der Waals surface area contributed by atoms with E-state index in [4.69, 9.17) is 61.9 Å². The van der Waals surface area contributed by atoms with E-state index in [2.05, 4.69) is 0 Å². The Morgan fingerprint density at radius 3 is 0.509 bits per heavy atom. The van der Waals surface area contributed by atoms with Gasteiger partial charge in [-0.15, -0.1) is 0 Å². The van der Waals surface area contributed by atoms with Gasteiger partial charge in [-0.25, -0.2) is 0 Å². The van der Waals surface area contributed by atoms with Crippen LogP contribution in [0.5, 0.6) is 0 Å². The smallest absolute Gasteiger partial charge is 0.0781 e. The van der Waals surface area contributed by atoms with Crippen LogP contribution in [0, 0.1) is 0 Å². The van der Waals surface area contributed by atoms with Crippen molar-refractivity contribution in [3.63, 3.8) is 0 Å². The minimum Gasteiger partial charge on any atom is -0.394 e. The molecule has 0 rings (SSSR count). The molecular formula is C39H80O14. The topological polar surface area (TPSA) is 151 Å². The van der Waals surface area contributed by atoms with Gasteiger partial charge in [-0.05, 0) is 90.0 Å². The van der Waals surface area contributed by atoms with Crippen LogP contribution in [0.4, 0.5) is 0 Å². The molecule has 0 aliphatic carbocycles. The van der Waals surface area contributed by atoms with Gasteiger partial charge in [-0.3, -0.25) is 0 Å². The van der Waals surface area contributed by atoms with Crippen LogP contribution in [0.1, 0.15) is 90.0 Å². The normalized spacial score (nSPS) is 19.8. The molecule has 0 amide bonds. The van der Waals surface area contributed by atoms with Crippen molar-refractivity contribution in [2.24, 2.45) is 0 Å². The van der Waals surface area contributed by atoms with Crippen LogP contribution in [-0.4, -0.2) is 175 Å². The van der Waals surface area contributed by atoms with Crippen LogP contribution >= 0.6 is 0 Å².